The second kappa shape index (κ2) is 6.83. The van der Waals surface area contributed by atoms with E-state index in [9.17, 15) is 26.3 Å². The van der Waals surface area contributed by atoms with Crippen LogP contribution in [-0.2, 0) is 0 Å². The molecule has 0 amide bonds. The number of alkyl halides is 6. The van der Waals surface area contributed by atoms with E-state index in [0.29, 0.717) is 6.08 Å². The third-order valence-electron chi connectivity index (χ3n) is 2.97. The van der Waals surface area contributed by atoms with Crippen LogP contribution >= 0.6 is 0 Å². The molecule has 0 aliphatic carbocycles. The van der Waals surface area contributed by atoms with Gasteiger partial charge in [-0.2, -0.15) is 26.3 Å². The second-order valence-corrected chi connectivity index (χ2v) is 4.03. The summed E-state index contributed by atoms with van der Waals surface area (Å²) >= 11 is 0. The lowest BCUT2D eigenvalue weighted by Gasteiger charge is -2.39. The van der Waals surface area contributed by atoms with Gasteiger partial charge in [0.1, 0.15) is 0 Å². The molecule has 0 spiro atoms. The molecule has 0 saturated carbocycles. The van der Waals surface area contributed by atoms with Crippen molar-refractivity contribution in [1.29, 1.82) is 0 Å². The number of hydrogen-bond donors (Lipinski definition) is 0. The van der Waals surface area contributed by atoms with E-state index in [-0.39, 0.29) is 0 Å². The van der Waals surface area contributed by atoms with Gasteiger partial charge in [-0.1, -0.05) is 49.6 Å². The normalized spacial score (nSPS) is 15.4. The van der Waals surface area contributed by atoms with Gasteiger partial charge in [-0.05, 0) is 25.0 Å². The Kier molecular flexibility index (Phi) is 6.27. The largest absolute Gasteiger partial charge is 0.411 e. The molecular formula is C15H16F6. The van der Waals surface area contributed by atoms with Crippen LogP contribution in [0.4, 0.5) is 26.3 Å². The fourth-order valence-electron chi connectivity index (χ4n) is 2.08. The zero-order valence-electron chi connectivity index (χ0n) is 11.6. The van der Waals surface area contributed by atoms with Crippen molar-refractivity contribution < 1.29 is 26.3 Å². The van der Waals surface area contributed by atoms with Crippen LogP contribution in [0.5, 0.6) is 0 Å². The van der Waals surface area contributed by atoms with Gasteiger partial charge in [0, 0.05) is 0 Å². The summed E-state index contributed by atoms with van der Waals surface area (Å²) in [6, 6.07) is 0. The van der Waals surface area contributed by atoms with Crippen molar-refractivity contribution in [1.82, 2.24) is 0 Å². The van der Waals surface area contributed by atoms with Crippen LogP contribution in [0.3, 0.4) is 0 Å². The summed E-state index contributed by atoms with van der Waals surface area (Å²) in [6.45, 7) is 8.55. The smallest absolute Gasteiger partial charge is 0.169 e. The highest BCUT2D eigenvalue weighted by atomic mass is 19.4. The monoisotopic (exact) mass is 310 g/mol. The number of hydrogen-bond acceptors (Lipinski definition) is 0. The molecule has 0 aliphatic heterocycles. The van der Waals surface area contributed by atoms with E-state index in [1.165, 1.54) is 0 Å². The maximum absolute atomic E-state index is 13.5. The van der Waals surface area contributed by atoms with E-state index in [4.69, 9.17) is 0 Å². The molecule has 0 N–H and O–H groups in total. The molecule has 0 aromatic carbocycles. The summed E-state index contributed by atoms with van der Waals surface area (Å²) in [5.74, 6) is 0. The van der Waals surface area contributed by atoms with E-state index in [1.54, 1.807) is 0 Å². The van der Waals surface area contributed by atoms with Crippen LogP contribution < -0.4 is 0 Å². The number of allylic oxidation sites excluding steroid dienone is 8. The Labute approximate surface area is 119 Å². The van der Waals surface area contributed by atoms with E-state index in [0.717, 1.165) is 44.2 Å². The van der Waals surface area contributed by atoms with Crippen LogP contribution in [0.15, 0.2) is 60.8 Å². The van der Waals surface area contributed by atoms with Crippen molar-refractivity contribution in [2.45, 2.75) is 26.2 Å². The predicted octanol–water partition coefficient (Wildman–Crippen LogP) is 5.92. The number of halogens is 6. The first-order valence-electron chi connectivity index (χ1n) is 5.93. The van der Waals surface area contributed by atoms with Crippen molar-refractivity contribution in [3.05, 3.63) is 60.8 Å². The second-order valence-electron chi connectivity index (χ2n) is 4.03. The van der Waals surface area contributed by atoms with Crippen LogP contribution in [-0.4, -0.2) is 12.4 Å². The molecule has 6 heteroatoms. The van der Waals surface area contributed by atoms with Crippen LogP contribution in [0.25, 0.3) is 0 Å². The molecule has 21 heavy (non-hydrogen) atoms. The molecule has 0 bridgehead atoms. The summed E-state index contributed by atoms with van der Waals surface area (Å²) in [5.41, 5.74) is -6.02. The third kappa shape index (κ3) is 3.31. The maximum atomic E-state index is 13.5. The molecule has 0 aliphatic rings. The molecule has 0 aromatic rings. The molecule has 118 valence electrons. The van der Waals surface area contributed by atoms with Gasteiger partial charge in [-0.3, -0.25) is 0 Å². The van der Waals surface area contributed by atoms with Crippen molar-refractivity contribution in [2.75, 3.05) is 0 Å². The molecule has 0 atom stereocenters. The van der Waals surface area contributed by atoms with Crippen LogP contribution in [0.2, 0.25) is 0 Å². The van der Waals surface area contributed by atoms with Gasteiger partial charge in [-0.15, -0.1) is 0 Å². The molecule has 0 fully saturated rings. The molecule has 0 saturated heterocycles. The Morgan fingerprint density at radius 3 is 1.48 bits per heavy atom. The Morgan fingerprint density at radius 1 is 0.810 bits per heavy atom. The SMILES string of the molecule is C=C/C=C\C(=C/C)C(/C(C=C)=C/C)(C(F)(F)F)C(F)(F)F. The summed E-state index contributed by atoms with van der Waals surface area (Å²) in [7, 11) is 0. The molecule has 0 aromatic heterocycles. The highest BCUT2D eigenvalue weighted by Gasteiger charge is 2.73. The maximum Gasteiger partial charge on any atom is 0.411 e. The molecule has 0 rings (SSSR count). The lowest BCUT2D eigenvalue weighted by atomic mass is 9.71. The Balaban J connectivity index is 6.81. The molecule has 0 radical (unpaired) electrons. The third-order valence-corrected chi connectivity index (χ3v) is 2.97. The van der Waals surface area contributed by atoms with E-state index in [1.807, 2.05) is 0 Å². The van der Waals surface area contributed by atoms with E-state index in [2.05, 4.69) is 13.2 Å². The number of rotatable bonds is 5. The zero-order chi connectivity index (χ0) is 16.9. The van der Waals surface area contributed by atoms with Crippen molar-refractivity contribution in [3.8, 4) is 0 Å². The first-order chi connectivity index (χ1) is 9.54. The fraction of sp³-hybridized carbons (Fsp3) is 0.333. The quantitative estimate of drug-likeness (QED) is 0.437. The van der Waals surface area contributed by atoms with Gasteiger partial charge < -0.3 is 0 Å². The lowest BCUT2D eigenvalue weighted by Crippen LogP contribution is -2.52. The fourth-order valence-corrected chi connectivity index (χ4v) is 2.08. The predicted molar refractivity (Wildman–Crippen MR) is 71.6 cm³/mol. The minimum atomic E-state index is -5.57. The summed E-state index contributed by atoms with van der Waals surface area (Å²) in [6.07, 6.45) is -6.15. The van der Waals surface area contributed by atoms with Gasteiger partial charge in [0.15, 0.2) is 0 Å². The molecule has 0 nitrogen and oxygen atoms in total. The van der Waals surface area contributed by atoms with Crippen molar-refractivity contribution in [3.63, 3.8) is 0 Å². The van der Waals surface area contributed by atoms with Gasteiger partial charge in [-0.25, -0.2) is 0 Å². The van der Waals surface area contributed by atoms with Crippen molar-refractivity contribution >= 4 is 0 Å². The highest BCUT2D eigenvalue weighted by molar-refractivity contribution is 5.45. The average molecular weight is 310 g/mol. The topological polar surface area (TPSA) is 0 Å². The van der Waals surface area contributed by atoms with Crippen molar-refractivity contribution in [2.24, 2.45) is 5.41 Å². The summed E-state index contributed by atoms with van der Waals surface area (Å²) in [4.78, 5) is 0. The lowest BCUT2D eigenvalue weighted by molar-refractivity contribution is -0.308. The van der Waals surface area contributed by atoms with Crippen LogP contribution in [0.1, 0.15) is 13.8 Å². The molecule has 0 heterocycles. The molecule has 0 unspecified atom stereocenters. The van der Waals surface area contributed by atoms with E-state index >= 15 is 0 Å². The summed E-state index contributed by atoms with van der Waals surface area (Å²) in [5, 5.41) is 0. The Hall–Kier alpha value is -1.72. The first kappa shape index (κ1) is 19.3. The Morgan fingerprint density at radius 2 is 1.24 bits per heavy atom. The molecular weight excluding hydrogens is 294 g/mol. The standard InChI is InChI=1S/C15H16F6/c1-5-9-10-12(8-4)13(14(16,17)18,15(19,20)21)11(6-2)7-3/h5-10H,1-2H2,3-4H3/b10-9-,11-7+,12-8+. The minimum absolute atomic E-state index is 0.576. The van der Waals surface area contributed by atoms with Gasteiger partial charge in [0.05, 0.1) is 0 Å². The highest BCUT2D eigenvalue weighted by Crippen LogP contribution is 2.59. The van der Waals surface area contributed by atoms with Crippen LogP contribution in [0, 0.1) is 5.41 Å². The zero-order valence-corrected chi connectivity index (χ0v) is 11.6. The van der Waals surface area contributed by atoms with Gasteiger partial charge in [0.25, 0.3) is 0 Å². The Bertz CT molecular complexity index is 457. The van der Waals surface area contributed by atoms with Gasteiger partial charge in [0.2, 0.25) is 5.41 Å². The van der Waals surface area contributed by atoms with Gasteiger partial charge >= 0.3 is 12.4 Å². The summed E-state index contributed by atoms with van der Waals surface area (Å²) < 4.78 is 80.7. The van der Waals surface area contributed by atoms with E-state index < -0.39 is 28.9 Å². The average Bonchev–Trinajstić information content (AvgIpc) is 2.35. The minimum Gasteiger partial charge on any atom is -0.169 e. The first-order valence-corrected chi connectivity index (χ1v) is 5.93.